The van der Waals surface area contributed by atoms with Gasteiger partial charge in [0.2, 0.25) is 0 Å². The molecule has 25 heavy (non-hydrogen) atoms. The molecule has 8 atom stereocenters. The third kappa shape index (κ3) is 1.82. The number of carbonyl (C=O) groups excluding carboxylic acids is 2. The number of epoxide rings is 1. The van der Waals surface area contributed by atoms with Crippen molar-refractivity contribution in [2.24, 2.45) is 28.6 Å². The highest BCUT2D eigenvalue weighted by Gasteiger charge is 2.75. The standard InChI is InChI=1S/C21H28O4/c1-12(22)24-17-5-4-14-13-6-11-21-18(25-21)16(23)8-10-20(21,3)15(13)7-9-19(14,17)2/h8,10,13-15,17-18H,4-7,9,11H2,1-3H3/t13-,14-,15-,17+,18+,19+,20-,21+/m1/s1. The van der Waals surface area contributed by atoms with Crippen molar-refractivity contribution in [2.45, 2.75) is 77.1 Å². The van der Waals surface area contributed by atoms with E-state index in [1.54, 1.807) is 6.08 Å². The van der Waals surface area contributed by atoms with Crippen LogP contribution in [0.1, 0.15) is 59.3 Å². The number of fused-ring (bicyclic) bond motifs is 4. The highest BCUT2D eigenvalue weighted by molar-refractivity contribution is 5.98. The van der Waals surface area contributed by atoms with Gasteiger partial charge in [-0.25, -0.2) is 0 Å². The minimum absolute atomic E-state index is 0.0185. The summed E-state index contributed by atoms with van der Waals surface area (Å²) in [6.07, 6.45) is 10.4. The summed E-state index contributed by atoms with van der Waals surface area (Å²) in [5.74, 6) is 1.86. The fraction of sp³-hybridized carbons (Fsp3) is 0.810. The van der Waals surface area contributed by atoms with Gasteiger partial charge in [-0.05, 0) is 62.4 Å². The van der Waals surface area contributed by atoms with Crippen LogP contribution in [-0.2, 0) is 19.1 Å². The van der Waals surface area contributed by atoms with Crippen LogP contribution >= 0.6 is 0 Å². The summed E-state index contributed by atoms with van der Waals surface area (Å²) in [6.45, 7) is 6.20. The maximum atomic E-state index is 12.1. The second-order valence-corrected chi connectivity index (χ2v) is 9.54. The molecule has 4 aliphatic carbocycles. The van der Waals surface area contributed by atoms with Crippen LogP contribution in [0.2, 0.25) is 0 Å². The topological polar surface area (TPSA) is 55.9 Å². The molecule has 0 aromatic rings. The van der Waals surface area contributed by atoms with Gasteiger partial charge >= 0.3 is 5.97 Å². The van der Waals surface area contributed by atoms with E-state index < -0.39 is 0 Å². The van der Waals surface area contributed by atoms with Crippen LogP contribution in [0, 0.1) is 28.6 Å². The first-order valence-corrected chi connectivity index (χ1v) is 9.90. The zero-order chi connectivity index (χ0) is 17.6. The molecule has 0 aromatic carbocycles. The van der Waals surface area contributed by atoms with Crippen LogP contribution in [-0.4, -0.2) is 29.6 Å². The number of rotatable bonds is 1. The van der Waals surface area contributed by atoms with E-state index >= 15 is 0 Å². The maximum Gasteiger partial charge on any atom is 0.302 e. The Labute approximate surface area is 149 Å². The van der Waals surface area contributed by atoms with Crippen LogP contribution in [0.25, 0.3) is 0 Å². The molecule has 136 valence electrons. The molecular formula is C21H28O4. The summed E-state index contributed by atoms with van der Waals surface area (Å²) in [5.41, 5.74) is -0.122. The summed E-state index contributed by atoms with van der Waals surface area (Å²) in [6, 6.07) is 0. The van der Waals surface area contributed by atoms with Crippen molar-refractivity contribution in [3.05, 3.63) is 12.2 Å². The number of ether oxygens (including phenoxy) is 2. The highest BCUT2D eigenvalue weighted by atomic mass is 16.6. The third-order valence-corrected chi connectivity index (χ3v) is 8.74. The monoisotopic (exact) mass is 344 g/mol. The van der Waals surface area contributed by atoms with Gasteiger partial charge in [-0.3, -0.25) is 9.59 Å². The minimum atomic E-state index is -0.221. The first-order chi connectivity index (χ1) is 11.8. The van der Waals surface area contributed by atoms with Gasteiger partial charge in [-0.1, -0.05) is 19.9 Å². The molecule has 0 radical (unpaired) electrons. The van der Waals surface area contributed by atoms with Crippen molar-refractivity contribution in [3.8, 4) is 0 Å². The molecule has 1 spiro atoms. The zero-order valence-electron chi connectivity index (χ0n) is 15.4. The molecule has 0 N–H and O–H groups in total. The van der Waals surface area contributed by atoms with E-state index in [2.05, 4.69) is 19.9 Å². The minimum Gasteiger partial charge on any atom is -0.462 e. The SMILES string of the molecule is CC(=O)O[C@H]1CC[C@@H]2[C@H]3CC[C@]45O[C@H]4C(=O)C=C[C@]5(C)[C@@H]3CC[C@]12C. The lowest BCUT2D eigenvalue weighted by Crippen LogP contribution is -2.57. The second-order valence-electron chi connectivity index (χ2n) is 9.54. The Bertz CT molecular complexity index is 683. The van der Waals surface area contributed by atoms with Crippen molar-refractivity contribution in [3.63, 3.8) is 0 Å². The Morgan fingerprint density at radius 2 is 1.96 bits per heavy atom. The zero-order valence-corrected chi connectivity index (χ0v) is 15.4. The number of hydrogen-bond acceptors (Lipinski definition) is 4. The van der Waals surface area contributed by atoms with Crippen LogP contribution in [0.3, 0.4) is 0 Å². The fourth-order valence-electron chi connectivity index (χ4n) is 7.42. The average Bonchev–Trinajstić information content (AvgIpc) is 3.22. The Morgan fingerprint density at radius 1 is 1.16 bits per heavy atom. The summed E-state index contributed by atoms with van der Waals surface area (Å²) in [7, 11) is 0. The van der Waals surface area contributed by atoms with Crippen LogP contribution in [0.15, 0.2) is 12.2 Å². The van der Waals surface area contributed by atoms with E-state index in [1.807, 2.05) is 0 Å². The van der Waals surface area contributed by atoms with Crippen LogP contribution < -0.4 is 0 Å². The number of esters is 1. The van der Waals surface area contributed by atoms with E-state index in [4.69, 9.17) is 9.47 Å². The first kappa shape index (κ1) is 16.0. The lowest BCUT2D eigenvalue weighted by Gasteiger charge is -2.57. The van der Waals surface area contributed by atoms with Gasteiger partial charge in [0.1, 0.15) is 11.7 Å². The third-order valence-electron chi connectivity index (χ3n) is 8.74. The van der Waals surface area contributed by atoms with E-state index in [-0.39, 0.29) is 40.4 Å². The van der Waals surface area contributed by atoms with E-state index in [0.29, 0.717) is 17.8 Å². The van der Waals surface area contributed by atoms with Gasteiger partial charge in [-0.2, -0.15) is 0 Å². The quantitative estimate of drug-likeness (QED) is 0.540. The molecule has 1 aliphatic heterocycles. The van der Waals surface area contributed by atoms with Crippen molar-refractivity contribution in [1.29, 1.82) is 0 Å². The largest absolute Gasteiger partial charge is 0.462 e. The molecule has 4 fully saturated rings. The molecule has 0 aromatic heterocycles. The highest BCUT2D eigenvalue weighted by Crippen LogP contribution is 2.71. The average molecular weight is 344 g/mol. The number of hydrogen-bond donors (Lipinski definition) is 0. The van der Waals surface area contributed by atoms with Gasteiger partial charge in [0, 0.05) is 17.8 Å². The first-order valence-electron chi connectivity index (χ1n) is 9.90. The predicted octanol–water partition coefficient (Wildman–Crippen LogP) is 3.44. The normalized spacial score (nSPS) is 55.6. The second kappa shape index (κ2) is 4.76. The molecule has 5 aliphatic rings. The molecule has 5 rings (SSSR count). The lowest BCUT2D eigenvalue weighted by atomic mass is 9.46. The Balaban J connectivity index is 1.47. The Morgan fingerprint density at radius 3 is 2.72 bits per heavy atom. The van der Waals surface area contributed by atoms with Gasteiger partial charge in [0.25, 0.3) is 0 Å². The van der Waals surface area contributed by atoms with Crippen LogP contribution in [0.4, 0.5) is 0 Å². The summed E-state index contributed by atoms with van der Waals surface area (Å²) in [4.78, 5) is 23.6. The molecule has 0 bridgehead atoms. The lowest BCUT2D eigenvalue weighted by molar-refractivity contribution is -0.158. The molecule has 0 unspecified atom stereocenters. The molecule has 4 nitrogen and oxygen atoms in total. The van der Waals surface area contributed by atoms with Gasteiger partial charge in [-0.15, -0.1) is 0 Å². The van der Waals surface area contributed by atoms with Crippen LogP contribution in [0.5, 0.6) is 0 Å². The van der Waals surface area contributed by atoms with E-state index in [0.717, 1.165) is 38.5 Å². The Hall–Kier alpha value is -1.16. The summed E-state index contributed by atoms with van der Waals surface area (Å²) >= 11 is 0. The maximum absolute atomic E-state index is 12.1. The van der Waals surface area contributed by atoms with Gasteiger partial charge < -0.3 is 9.47 Å². The van der Waals surface area contributed by atoms with Gasteiger partial charge in [0.05, 0.1) is 0 Å². The molecule has 4 heteroatoms. The van der Waals surface area contributed by atoms with Crippen molar-refractivity contribution in [2.75, 3.05) is 0 Å². The number of carbonyl (C=O) groups is 2. The summed E-state index contributed by atoms with van der Waals surface area (Å²) < 4.78 is 11.8. The molecule has 0 amide bonds. The van der Waals surface area contributed by atoms with Crippen molar-refractivity contribution >= 4 is 11.8 Å². The van der Waals surface area contributed by atoms with Crippen molar-refractivity contribution < 1.29 is 19.1 Å². The molecule has 1 saturated heterocycles. The fourth-order valence-corrected chi connectivity index (χ4v) is 7.42. The molecule has 3 saturated carbocycles. The molecular weight excluding hydrogens is 316 g/mol. The van der Waals surface area contributed by atoms with Crippen molar-refractivity contribution in [1.82, 2.24) is 0 Å². The summed E-state index contributed by atoms with van der Waals surface area (Å²) in [5, 5.41) is 0. The number of ketones is 1. The van der Waals surface area contributed by atoms with E-state index in [1.165, 1.54) is 6.92 Å². The smallest absolute Gasteiger partial charge is 0.302 e. The molecule has 1 heterocycles. The Kier molecular flexibility index (Phi) is 3.06. The van der Waals surface area contributed by atoms with E-state index in [9.17, 15) is 9.59 Å². The van der Waals surface area contributed by atoms with Gasteiger partial charge in [0.15, 0.2) is 11.9 Å². The predicted molar refractivity (Wildman–Crippen MR) is 91.7 cm³/mol.